The zero-order valence-corrected chi connectivity index (χ0v) is 19.0. The van der Waals surface area contributed by atoms with Gasteiger partial charge in [0.1, 0.15) is 17.7 Å². The SMILES string of the molecule is COc1ccc(-c2cc3c(cc2F)C(NC(=O)O[C@H]2CN4CCC2CC4)C(C)(C)C3)cc1. The lowest BCUT2D eigenvalue weighted by Gasteiger charge is -2.44. The fourth-order valence-corrected chi connectivity index (χ4v) is 5.67. The Bertz CT molecular complexity index is 1010. The summed E-state index contributed by atoms with van der Waals surface area (Å²) >= 11 is 0. The van der Waals surface area contributed by atoms with E-state index in [1.807, 2.05) is 30.3 Å². The number of halogens is 1. The van der Waals surface area contributed by atoms with Crippen LogP contribution in [0.15, 0.2) is 36.4 Å². The largest absolute Gasteiger partial charge is 0.497 e. The molecule has 2 aromatic carbocycles. The topological polar surface area (TPSA) is 50.8 Å². The van der Waals surface area contributed by atoms with Crippen LogP contribution >= 0.6 is 0 Å². The van der Waals surface area contributed by atoms with Gasteiger partial charge in [-0.15, -0.1) is 0 Å². The van der Waals surface area contributed by atoms with Crippen molar-refractivity contribution in [2.45, 2.75) is 45.3 Å². The van der Waals surface area contributed by atoms with E-state index in [1.165, 1.54) is 0 Å². The maximum Gasteiger partial charge on any atom is 0.407 e. The molecule has 2 aromatic rings. The molecule has 1 aliphatic carbocycles. The Kier molecular flexibility index (Phi) is 5.36. The van der Waals surface area contributed by atoms with Crippen molar-refractivity contribution in [2.24, 2.45) is 11.3 Å². The van der Waals surface area contributed by atoms with E-state index in [0.29, 0.717) is 11.5 Å². The van der Waals surface area contributed by atoms with E-state index >= 15 is 4.39 Å². The Morgan fingerprint density at radius 3 is 2.50 bits per heavy atom. The van der Waals surface area contributed by atoms with Crippen molar-refractivity contribution >= 4 is 6.09 Å². The number of nitrogens with zero attached hydrogens (tertiary/aromatic N) is 1. The molecular weight excluding hydrogens is 407 g/mol. The molecule has 170 valence electrons. The second-order valence-corrected chi connectivity index (χ2v) is 10.1. The van der Waals surface area contributed by atoms with Gasteiger partial charge in [-0.2, -0.15) is 0 Å². The molecule has 1 amide bonds. The van der Waals surface area contributed by atoms with E-state index in [-0.39, 0.29) is 23.4 Å². The first kappa shape index (κ1) is 21.3. The normalized spacial score (nSPS) is 27.6. The summed E-state index contributed by atoms with van der Waals surface area (Å²) < 4.78 is 26.2. The predicted molar refractivity (Wildman–Crippen MR) is 121 cm³/mol. The number of alkyl carbamates (subject to hydrolysis) is 1. The summed E-state index contributed by atoms with van der Waals surface area (Å²) in [6, 6.07) is 10.6. The van der Waals surface area contributed by atoms with Gasteiger partial charge in [0, 0.05) is 12.1 Å². The number of nitrogens with one attached hydrogen (secondary N) is 1. The minimum atomic E-state index is -0.394. The highest BCUT2D eigenvalue weighted by Crippen LogP contribution is 2.47. The van der Waals surface area contributed by atoms with Crippen molar-refractivity contribution in [3.63, 3.8) is 0 Å². The molecule has 6 heteroatoms. The number of rotatable bonds is 4. The van der Waals surface area contributed by atoms with Crippen LogP contribution in [-0.2, 0) is 11.2 Å². The molecule has 5 nitrogen and oxygen atoms in total. The molecule has 3 fully saturated rings. The van der Waals surface area contributed by atoms with Gasteiger partial charge in [-0.25, -0.2) is 9.18 Å². The number of hydrogen-bond acceptors (Lipinski definition) is 4. The van der Waals surface area contributed by atoms with Gasteiger partial charge in [-0.3, -0.25) is 4.90 Å². The summed E-state index contributed by atoms with van der Waals surface area (Å²) in [5.74, 6) is 0.908. The van der Waals surface area contributed by atoms with Crippen LogP contribution in [0.25, 0.3) is 11.1 Å². The van der Waals surface area contributed by atoms with Crippen molar-refractivity contribution in [2.75, 3.05) is 26.7 Å². The highest BCUT2D eigenvalue weighted by Gasteiger charge is 2.42. The van der Waals surface area contributed by atoms with Gasteiger partial charge < -0.3 is 14.8 Å². The summed E-state index contributed by atoms with van der Waals surface area (Å²) in [5, 5.41) is 3.07. The molecule has 2 bridgehead atoms. The van der Waals surface area contributed by atoms with Crippen molar-refractivity contribution in [1.82, 2.24) is 10.2 Å². The molecule has 32 heavy (non-hydrogen) atoms. The molecule has 0 saturated carbocycles. The molecule has 2 atom stereocenters. The highest BCUT2D eigenvalue weighted by molar-refractivity contribution is 5.70. The molecular formula is C26H31FN2O3. The van der Waals surface area contributed by atoms with Crippen LogP contribution in [0, 0.1) is 17.2 Å². The number of fused-ring (bicyclic) bond motifs is 4. The molecule has 0 aromatic heterocycles. The molecule has 3 heterocycles. The monoisotopic (exact) mass is 438 g/mol. The van der Waals surface area contributed by atoms with Crippen LogP contribution < -0.4 is 10.1 Å². The van der Waals surface area contributed by atoms with E-state index in [0.717, 1.165) is 61.3 Å². The highest BCUT2D eigenvalue weighted by atomic mass is 19.1. The van der Waals surface area contributed by atoms with Crippen LogP contribution in [0.2, 0.25) is 0 Å². The number of piperidine rings is 3. The second-order valence-electron chi connectivity index (χ2n) is 10.1. The van der Waals surface area contributed by atoms with Gasteiger partial charge in [0.2, 0.25) is 0 Å². The Morgan fingerprint density at radius 1 is 1.16 bits per heavy atom. The fourth-order valence-electron chi connectivity index (χ4n) is 5.67. The summed E-state index contributed by atoms with van der Waals surface area (Å²) in [6.45, 7) is 7.24. The molecule has 0 radical (unpaired) electrons. The molecule has 6 rings (SSSR count). The lowest BCUT2D eigenvalue weighted by molar-refractivity contribution is -0.0349. The van der Waals surface area contributed by atoms with Gasteiger partial charge in [0.15, 0.2) is 0 Å². The summed E-state index contributed by atoms with van der Waals surface area (Å²) in [4.78, 5) is 15.2. The zero-order valence-electron chi connectivity index (χ0n) is 19.0. The van der Waals surface area contributed by atoms with Crippen molar-refractivity contribution < 1.29 is 18.7 Å². The summed E-state index contributed by atoms with van der Waals surface area (Å²) in [5.41, 5.74) is 3.05. The van der Waals surface area contributed by atoms with Crippen LogP contribution in [0.5, 0.6) is 5.75 Å². The van der Waals surface area contributed by atoms with Crippen molar-refractivity contribution in [3.05, 3.63) is 53.3 Å². The first-order chi connectivity index (χ1) is 15.3. The van der Waals surface area contributed by atoms with Crippen LogP contribution in [0.3, 0.4) is 0 Å². The lowest BCUT2D eigenvalue weighted by atomic mass is 9.85. The smallest absolute Gasteiger partial charge is 0.407 e. The predicted octanol–water partition coefficient (Wildman–Crippen LogP) is 4.95. The molecule has 3 saturated heterocycles. The van der Waals surface area contributed by atoms with Crippen LogP contribution in [0.1, 0.15) is 43.9 Å². The Balaban J connectivity index is 1.35. The van der Waals surface area contributed by atoms with Crippen molar-refractivity contribution in [1.29, 1.82) is 0 Å². The van der Waals surface area contributed by atoms with Gasteiger partial charge in [-0.05, 0) is 84.6 Å². The third-order valence-electron chi connectivity index (χ3n) is 7.49. The lowest BCUT2D eigenvalue weighted by Crippen LogP contribution is -2.53. The third-order valence-corrected chi connectivity index (χ3v) is 7.49. The molecule has 4 aliphatic rings. The number of carbonyl (C=O) groups excluding carboxylic acids is 1. The number of methoxy groups -OCH3 is 1. The first-order valence-electron chi connectivity index (χ1n) is 11.5. The third kappa shape index (κ3) is 3.85. The number of ether oxygens (including phenoxy) is 2. The van der Waals surface area contributed by atoms with Gasteiger partial charge in [0.05, 0.1) is 13.2 Å². The van der Waals surface area contributed by atoms with E-state index in [4.69, 9.17) is 9.47 Å². The fraction of sp³-hybridized carbons (Fsp3) is 0.500. The number of benzene rings is 2. The first-order valence-corrected chi connectivity index (χ1v) is 11.5. The Morgan fingerprint density at radius 2 is 1.88 bits per heavy atom. The molecule has 1 unspecified atom stereocenters. The Hall–Kier alpha value is -2.60. The standard InChI is InChI=1S/C26H31FN2O3/c1-26(2)14-18-12-20(16-4-6-19(31-3)7-5-16)22(27)13-21(18)24(26)28-25(30)32-23-15-29-10-8-17(23)9-11-29/h4-7,12-13,17,23-24H,8-11,14-15H2,1-3H3,(H,28,30)/t23-,24?/m0/s1. The molecule has 0 spiro atoms. The van der Waals surface area contributed by atoms with E-state index < -0.39 is 6.09 Å². The summed E-state index contributed by atoms with van der Waals surface area (Å²) in [7, 11) is 1.61. The number of carbonyl (C=O) groups is 1. The van der Waals surface area contributed by atoms with Crippen LogP contribution in [-0.4, -0.2) is 43.8 Å². The average molecular weight is 439 g/mol. The maximum absolute atomic E-state index is 15.2. The zero-order chi connectivity index (χ0) is 22.5. The van der Waals surface area contributed by atoms with Gasteiger partial charge >= 0.3 is 6.09 Å². The quantitative estimate of drug-likeness (QED) is 0.734. The van der Waals surface area contributed by atoms with Gasteiger partial charge in [-0.1, -0.05) is 26.0 Å². The van der Waals surface area contributed by atoms with Gasteiger partial charge in [0.25, 0.3) is 0 Å². The maximum atomic E-state index is 15.2. The minimum absolute atomic E-state index is 0.0457. The van der Waals surface area contributed by atoms with Crippen molar-refractivity contribution in [3.8, 4) is 16.9 Å². The molecule has 1 N–H and O–H groups in total. The summed E-state index contributed by atoms with van der Waals surface area (Å²) in [6.07, 6.45) is 2.51. The van der Waals surface area contributed by atoms with E-state index in [1.54, 1.807) is 13.2 Å². The van der Waals surface area contributed by atoms with E-state index in [2.05, 4.69) is 24.1 Å². The minimum Gasteiger partial charge on any atom is -0.497 e. The second kappa shape index (κ2) is 8.07. The van der Waals surface area contributed by atoms with Crippen LogP contribution in [0.4, 0.5) is 9.18 Å². The Labute approximate surface area is 188 Å². The molecule has 3 aliphatic heterocycles. The number of amides is 1. The number of hydrogen-bond donors (Lipinski definition) is 1. The van der Waals surface area contributed by atoms with E-state index in [9.17, 15) is 4.79 Å². The average Bonchev–Trinajstić information content (AvgIpc) is 3.03.